The van der Waals surface area contributed by atoms with Gasteiger partial charge in [0.05, 0.1) is 11.9 Å². The molecule has 1 aliphatic heterocycles. The average molecular weight is 406 g/mol. The van der Waals surface area contributed by atoms with Crippen molar-refractivity contribution in [3.8, 4) is 0 Å². The van der Waals surface area contributed by atoms with Gasteiger partial charge < -0.3 is 5.11 Å². The van der Waals surface area contributed by atoms with Crippen LogP contribution in [-0.4, -0.2) is 42.3 Å². The largest absolute Gasteiger partial charge is 0.389 e. The van der Waals surface area contributed by atoms with Crippen LogP contribution in [0.3, 0.4) is 0 Å². The molecule has 1 saturated heterocycles. The first-order valence-corrected chi connectivity index (χ1v) is 11.8. The van der Waals surface area contributed by atoms with Gasteiger partial charge in [0.15, 0.2) is 0 Å². The van der Waals surface area contributed by atoms with E-state index in [1.165, 1.54) is 9.75 Å². The fourth-order valence-corrected chi connectivity index (χ4v) is 6.14. The summed E-state index contributed by atoms with van der Waals surface area (Å²) in [6, 6.07) is 13.9. The predicted octanol–water partition coefficient (Wildman–Crippen LogP) is 3.55. The molecule has 1 N–H and O–H groups in total. The average Bonchev–Trinajstić information content (AvgIpc) is 3.17. The van der Waals surface area contributed by atoms with Crippen LogP contribution in [0.1, 0.15) is 28.2 Å². The molecule has 2 atom stereocenters. The number of hydrogen-bond acceptors (Lipinski definition) is 4. The number of sulfonamides is 1. The molecule has 0 radical (unpaired) electrons. The third kappa shape index (κ3) is 5.75. The predicted molar refractivity (Wildman–Crippen MR) is 112 cm³/mol. The summed E-state index contributed by atoms with van der Waals surface area (Å²) in [6.45, 7) is 2.61. The van der Waals surface area contributed by atoms with Crippen molar-refractivity contribution in [1.29, 1.82) is 0 Å². The molecular formula is C21H27NO3S2. The molecule has 27 heavy (non-hydrogen) atoms. The van der Waals surface area contributed by atoms with Crippen molar-refractivity contribution >= 4 is 21.4 Å². The Balaban J connectivity index is 1.56. The molecule has 1 unspecified atom stereocenters. The second-order valence-corrected chi connectivity index (χ2v) is 10.5. The zero-order chi connectivity index (χ0) is 19.3. The molecule has 4 nitrogen and oxygen atoms in total. The number of aliphatic hydroxyl groups is 1. The van der Waals surface area contributed by atoms with Gasteiger partial charge in [0.25, 0.3) is 0 Å². The number of rotatable bonds is 8. The summed E-state index contributed by atoms with van der Waals surface area (Å²) in [6.07, 6.45) is 5.85. The zero-order valence-electron chi connectivity index (χ0n) is 15.6. The van der Waals surface area contributed by atoms with Crippen LogP contribution in [0.25, 0.3) is 0 Å². The smallest absolute Gasteiger partial charge is 0.214 e. The normalized spacial score (nSPS) is 21.0. The van der Waals surface area contributed by atoms with Crippen LogP contribution in [-0.2, 0) is 22.9 Å². The van der Waals surface area contributed by atoms with E-state index in [1.54, 1.807) is 21.7 Å². The Morgan fingerprint density at radius 3 is 2.74 bits per heavy atom. The molecule has 0 aliphatic carbocycles. The van der Waals surface area contributed by atoms with E-state index in [4.69, 9.17) is 0 Å². The number of hydrogen-bond donors (Lipinski definition) is 1. The Hall–Kier alpha value is -1.47. The van der Waals surface area contributed by atoms with Crippen LogP contribution in [0.2, 0.25) is 0 Å². The first-order chi connectivity index (χ1) is 12.9. The van der Waals surface area contributed by atoms with Crippen molar-refractivity contribution in [2.75, 3.05) is 12.3 Å². The van der Waals surface area contributed by atoms with Crippen molar-refractivity contribution in [3.63, 3.8) is 0 Å². The highest BCUT2D eigenvalue weighted by Gasteiger charge is 2.35. The maximum atomic E-state index is 12.4. The molecule has 1 fully saturated rings. The third-order valence-electron chi connectivity index (χ3n) is 4.84. The minimum Gasteiger partial charge on any atom is -0.389 e. The number of thiophene rings is 1. The van der Waals surface area contributed by atoms with E-state index >= 15 is 0 Å². The summed E-state index contributed by atoms with van der Waals surface area (Å²) in [5.41, 5.74) is 1.07. The summed E-state index contributed by atoms with van der Waals surface area (Å²) in [7, 11) is -3.19. The van der Waals surface area contributed by atoms with Crippen molar-refractivity contribution in [2.45, 2.75) is 44.8 Å². The maximum absolute atomic E-state index is 12.4. The van der Waals surface area contributed by atoms with Crippen LogP contribution in [0.5, 0.6) is 0 Å². The molecule has 6 heteroatoms. The monoisotopic (exact) mass is 405 g/mol. The van der Waals surface area contributed by atoms with Crippen LogP contribution in [0.15, 0.2) is 54.6 Å². The van der Waals surface area contributed by atoms with Gasteiger partial charge in [0.2, 0.25) is 10.0 Å². The molecule has 2 heterocycles. The summed E-state index contributed by atoms with van der Waals surface area (Å²) < 4.78 is 26.4. The number of nitrogens with zero attached hydrogens (tertiary/aromatic N) is 1. The van der Waals surface area contributed by atoms with Gasteiger partial charge in [-0.05, 0) is 43.9 Å². The SMILES string of the molecule is Cc1ccc(CCCN2[C@@H](/C=C/C(O)Cc3ccccc3)CCS2(=O)=O)s1. The summed E-state index contributed by atoms with van der Waals surface area (Å²) in [5.74, 6) is 0.189. The molecule has 1 aromatic heterocycles. The molecular weight excluding hydrogens is 378 g/mol. The fourth-order valence-electron chi connectivity index (χ4n) is 3.44. The first-order valence-electron chi connectivity index (χ1n) is 9.39. The molecule has 0 bridgehead atoms. The van der Waals surface area contributed by atoms with E-state index in [0.29, 0.717) is 19.4 Å². The van der Waals surface area contributed by atoms with Crippen molar-refractivity contribution in [1.82, 2.24) is 4.31 Å². The van der Waals surface area contributed by atoms with Gasteiger partial charge in [-0.2, -0.15) is 4.31 Å². The lowest BCUT2D eigenvalue weighted by molar-refractivity contribution is 0.222. The van der Waals surface area contributed by atoms with Gasteiger partial charge in [-0.25, -0.2) is 8.42 Å². The zero-order valence-corrected chi connectivity index (χ0v) is 17.3. The molecule has 1 aromatic carbocycles. The molecule has 0 spiro atoms. The Morgan fingerprint density at radius 2 is 2.04 bits per heavy atom. The molecule has 0 amide bonds. The topological polar surface area (TPSA) is 57.6 Å². The Labute approximate surface area is 166 Å². The molecule has 3 rings (SSSR count). The van der Waals surface area contributed by atoms with E-state index in [1.807, 2.05) is 36.4 Å². The lowest BCUT2D eigenvalue weighted by atomic mass is 10.1. The number of aliphatic hydroxyl groups excluding tert-OH is 1. The van der Waals surface area contributed by atoms with Crippen molar-refractivity contribution in [2.24, 2.45) is 0 Å². The van der Waals surface area contributed by atoms with Crippen LogP contribution in [0, 0.1) is 6.92 Å². The quantitative estimate of drug-likeness (QED) is 0.683. The van der Waals surface area contributed by atoms with Gasteiger partial charge in [-0.1, -0.05) is 42.5 Å². The van der Waals surface area contributed by atoms with Gasteiger partial charge >= 0.3 is 0 Å². The lowest BCUT2D eigenvalue weighted by Crippen LogP contribution is -2.33. The van der Waals surface area contributed by atoms with E-state index in [-0.39, 0.29) is 11.8 Å². The highest BCUT2D eigenvalue weighted by molar-refractivity contribution is 7.89. The van der Waals surface area contributed by atoms with Gasteiger partial charge in [0, 0.05) is 28.8 Å². The van der Waals surface area contributed by atoms with Crippen LogP contribution >= 0.6 is 11.3 Å². The molecule has 146 valence electrons. The van der Waals surface area contributed by atoms with E-state index in [2.05, 4.69) is 19.1 Å². The minimum absolute atomic E-state index is 0.148. The maximum Gasteiger partial charge on any atom is 0.214 e. The Morgan fingerprint density at radius 1 is 1.26 bits per heavy atom. The second kappa shape index (κ2) is 9.15. The Kier molecular flexibility index (Phi) is 6.87. The Bertz CT molecular complexity index is 859. The van der Waals surface area contributed by atoms with E-state index in [0.717, 1.165) is 18.4 Å². The second-order valence-electron chi connectivity index (χ2n) is 7.04. The first kappa shape index (κ1) is 20.3. The van der Waals surface area contributed by atoms with E-state index in [9.17, 15) is 13.5 Å². The van der Waals surface area contributed by atoms with Crippen molar-refractivity contribution in [3.05, 3.63) is 69.9 Å². The van der Waals surface area contributed by atoms with Crippen LogP contribution < -0.4 is 0 Å². The molecule has 2 aromatic rings. The molecule has 0 saturated carbocycles. The number of aryl methyl sites for hydroxylation is 2. The van der Waals surface area contributed by atoms with Gasteiger partial charge in [-0.15, -0.1) is 11.3 Å². The third-order valence-corrected chi connectivity index (χ3v) is 7.82. The molecule has 1 aliphatic rings. The summed E-state index contributed by atoms with van der Waals surface area (Å²) >= 11 is 1.77. The van der Waals surface area contributed by atoms with Gasteiger partial charge in [-0.3, -0.25) is 0 Å². The summed E-state index contributed by atoms with van der Waals surface area (Å²) in [4.78, 5) is 2.58. The summed E-state index contributed by atoms with van der Waals surface area (Å²) in [5, 5.41) is 10.3. The highest BCUT2D eigenvalue weighted by Crippen LogP contribution is 2.24. The van der Waals surface area contributed by atoms with Crippen molar-refractivity contribution < 1.29 is 13.5 Å². The van der Waals surface area contributed by atoms with E-state index < -0.39 is 16.1 Å². The van der Waals surface area contributed by atoms with Crippen LogP contribution in [0.4, 0.5) is 0 Å². The fraction of sp³-hybridized carbons (Fsp3) is 0.429. The number of benzene rings is 1. The van der Waals surface area contributed by atoms with Gasteiger partial charge in [0.1, 0.15) is 0 Å². The lowest BCUT2D eigenvalue weighted by Gasteiger charge is -2.20. The highest BCUT2D eigenvalue weighted by atomic mass is 32.2. The standard InChI is InChI=1S/C21H27NO3S2/c1-17-9-12-21(26-17)8-5-14-22-19(13-15-27(22,24)25)10-11-20(23)16-18-6-3-2-4-7-18/h2-4,6-7,9-12,19-20,23H,5,8,13-16H2,1H3/b11-10+/t19-,20?/m0/s1. The minimum atomic E-state index is -3.19.